The van der Waals surface area contributed by atoms with E-state index in [0.29, 0.717) is 0 Å². The van der Waals surface area contributed by atoms with Gasteiger partial charge in [0.2, 0.25) is 0 Å². The molecule has 1 N–H and O–H groups in total. The fourth-order valence-corrected chi connectivity index (χ4v) is 1.01. The van der Waals surface area contributed by atoms with Crippen molar-refractivity contribution in [3.05, 3.63) is 11.8 Å². The molecule has 0 amide bonds. The number of allylic oxidation sites excluding steroid dienone is 1. The normalized spacial score (nSPS) is 27.2. The first-order valence-electron chi connectivity index (χ1n) is 3.56. The van der Waals surface area contributed by atoms with Crippen LogP contribution in [-0.2, 0) is 0 Å². The van der Waals surface area contributed by atoms with E-state index in [4.69, 9.17) is 5.26 Å². The van der Waals surface area contributed by atoms with Crippen molar-refractivity contribution in [2.24, 2.45) is 10.9 Å². The topological polar surface area (TPSA) is 48.2 Å². The summed E-state index contributed by atoms with van der Waals surface area (Å²) in [5, 5.41) is 11.7. The maximum Gasteiger partial charge on any atom is 0.101 e. The molecule has 1 heterocycles. The van der Waals surface area contributed by atoms with Crippen LogP contribution in [0.3, 0.4) is 0 Å². The van der Waals surface area contributed by atoms with Crippen molar-refractivity contribution in [2.45, 2.75) is 13.3 Å². The van der Waals surface area contributed by atoms with Gasteiger partial charge in [0.15, 0.2) is 0 Å². The molecule has 1 aliphatic rings. The molecule has 0 radical (unpaired) electrons. The Morgan fingerprint density at radius 1 is 1.82 bits per heavy atom. The van der Waals surface area contributed by atoms with Gasteiger partial charge in [0, 0.05) is 19.7 Å². The summed E-state index contributed by atoms with van der Waals surface area (Å²) < 4.78 is 0. The second kappa shape index (κ2) is 3.20. The molecule has 0 saturated heterocycles. The molecule has 1 rings (SSSR count). The van der Waals surface area contributed by atoms with E-state index in [1.807, 2.05) is 13.1 Å². The van der Waals surface area contributed by atoms with Crippen LogP contribution in [-0.4, -0.2) is 12.9 Å². The fourth-order valence-electron chi connectivity index (χ4n) is 1.01. The Morgan fingerprint density at radius 2 is 2.55 bits per heavy atom. The highest BCUT2D eigenvalue weighted by Gasteiger charge is 2.16. The Kier molecular flexibility index (Phi) is 2.27. The first-order chi connectivity index (χ1) is 5.27. The van der Waals surface area contributed by atoms with Gasteiger partial charge >= 0.3 is 0 Å². The summed E-state index contributed by atoms with van der Waals surface area (Å²) in [5.74, 6) is 0.900. The summed E-state index contributed by atoms with van der Waals surface area (Å²) in [7, 11) is 1.73. The van der Waals surface area contributed by atoms with Gasteiger partial charge in [0.05, 0.1) is 12.0 Å². The number of nitrogens with one attached hydrogen (secondary N) is 1. The fraction of sp³-hybridized carbons (Fsp3) is 0.500. The van der Waals surface area contributed by atoms with Crippen LogP contribution in [0.25, 0.3) is 0 Å². The third kappa shape index (κ3) is 1.58. The molecule has 0 aromatic rings. The lowest BCUT2D eigenvalue weighted by atomic mass is 9.96. The predicted molar refractivity (Wildman–Crippen MR) is 44.0 cm³/mol. The van der Waals surface area contributed by atoms with Crippen LogP contribution in [0.5, 0.6) is 0 Å². The first-order valence-corrected chi connectivity index (χ1v) is 3.56. The van der Waals surface area contributed by atoms with Gasteiger partial charge in [-0.15, -0.1) is 0 Å². The lowest BCUT2D eigenvalue weighted by Crippen LogP contribution is -2.26. The quantitative estimate of drug-likeness (QED) is 0.559. The van der Waals surface area contributed by atoms with Gasteiger partial charge in [-0.25, -0.2) is 0 Å². The monoisotopic (exact) mass is 149 g/mol. The van der Waals surface area contributed by atoms with Gasteiger partial charge in [0.25, 0.3) is 0 Å². The van der Waals surface area contributed by atoms with Crippen LogP contribution in [0.15, 0.2) is 16.8 Å². The summed E-state index contributed by atoms with van der Waals surface area (Å²) in [5.41, 5.74) is 1.08. The Balaban J connectivity index is 2.78. The van der Waals surface area contributed by atoms with Crippen molar-refractivity contribution >= 4 is 5.84 Å². The summed E-state index contributed by atoms with van der Waals surface area (Å²) in [6.07, 6.45) is 2.56. The maximum absolute atomic E-state index is 8.70. The number of amidine groups is 1. The smallest absolute Gasteiger partial charge is 0.101 e. The van der Waals surface area contributed by atoms with E-state index in [-0.39, 0.29) is 5.92 Å². The van der Waals surface area contributed by atoms with E-state index in [9.17, 15) is 0 Å². The van der Waals surface area contributed by atoms with E-state index >= 15 is 0 Å². The summed E-state index contributed by atoms with van der Waals surface area (Å²) in [6, 6.07) is 2.23. The molecule has 0 spiro atoms. The average molecular weight is 149 g/mol. The van der Waals surface area contributed by atoms with Gasteiger partial charge in [0.1, 0.15) is 5.84 Å². The average Bonchev–Trinajstić information content (AvgIpc) is 2.05. The van der Waals surface area contributed by atoms with E-state index < -0.39 is 0 Å². The number of nitriles is 1. The largest absolute Gasteiger partial charge is 0.350 e. The van der Waals surface area contributed by atoms with Gasteiger partial charge in [-0.1, -0.05) is 0 Å². The van der Waals surface area contributed by atoms with Gasteiger partial charge in [-0.2, -0.15) is 5.26 Å². The standard InChI is InChI=1S/C8H11N3/c1-6-5-11-8(10-2)3-7(6)4-9/h5,7H,3H2,1-2H3,(H,10,11). The third-order valence-electron chi connectivity index (χ3n) is 1.84. The molecular weight excluding hydrogens is 138 g/mol. The Hall–Kier alpha value is -1.30. The third-order valence-corrected chi connectivity index (χ3v) is 1.84. The summed E-state index contributed by atoms with van der Waals surface area (Å²) >= 11 is 0. The molecule has 3 nitrogen and oxygen atoms in total. The van der Waals surface area contributed by atoms with Crippen LogP contribution in [0.2, 0.25) is 0 Å². The maximum atomic E-state index is 8.70. The Bertz CT molecular complexity index is 245. The van der Waals surface area contributed by atoms with E-state index in [1.165, 1.54) is 0 Å². The highest BCUT2D eigenvalue weighted by molar-refractivity contribution is 5.85. The van der Waals surface area contributed by atoms with Crippen LogP contribution in [0, 0.1) is 17.2 Å². The molecule has 1 unspecified atom stereocenters. The first kappa shape index (κ1) is 7.80. The highest BCUT2D eigenvalue weighted by Crippen LogP contribution is 2.16. The SMILES string of the molecule is CN=C1CC(C#N)C(C)=CN1. The molecule has 0 aromatic carbocycles. The van der Waals surface area contributed by atoms with Gasteiger partial charge in [-0.3, -0.25) is 4.99 Å². The molecule has 0 aromatic heterocycles. The number of hydrogen-bond donors (Lipinski definition) is 1. The van der Waals surface area contributed by atoms with E-state index in [2.05, 4.69) is 16.4 Å². The zero-order chi connectivity index (χ0) is 8.27. The molecule has 0 saturated carbocycles. The van der Waals surface area contributed by atoms with Crippen molar-refractivity contribution in [3.8, 4) is 6.07 Å². The highest BCUT2D eigenvalue weighted by atomic mass is 15.0. The van der Waals surface area contributed by atoms with Crippen LogP contribution in [0.1, 0.15) is 13.3 Å². The molecule has 1 atom stereocenters. The van der Waals surface area contributed by atoms with Crippen molar-refractivity contribution in [1.29, 1.82) is 5.26 Å². The second-order valence-corrected chi connectivity index (χ2v) is 2.59. The number of hydrogen-bond acceptors (Lipinski definition) is 2. The lowest BCUT2D eigenvalue weighted by molar-refractivity contribution is 0.763. The van der Waals surface area contributed by atoms with E-state index in [0.717, 1.165) is 17.8 Å². The number of rotatable bonds is 0. The second-order valence-electron chi connectivity index (χ2n) is 2.59. The molecule has 11 heavy (non-hydrogen) atoms. The van der Waals surface area contributed by atoms with Crippen LogP contribution < -0.4 is 5.32 Å². The van der Waals surface area contributed by atoms with Crippen molar-refractivity contribution in [1.82, 2.24) is 5.32 Å². The molecule has 3 heteroatoms. The van der Waals surface area contributed by atoms with Gasteiger partial charge in [-0.05, 0) is 12.5 Å². The Morgan fingerprint density at radius 3 is 3.09 bits per heavy atom. The Labute approximate surface area is 66.4 Å². The molecule has 0 aliphatic carbocycles. The summed E-state index contributed by atoms with van der Waals surface area (Å²) in [4.78, 5) is 3.99. The number of nitrogens with zero attached hydrogens (tertiary/aromatic N) is 2. The van der Waals surface area contributed by atoms with Crippen molar-refractivity contribution in [3.63, 3.8) is 0 Å². The minimum Gasteiger partial charge on any atom is -0.350 e. The molecule has 58 valence electrons. The lowest BCUT2D eigenvalue weighted by Gasteiger charge is -2.17. The molecule has 1 aliphatic heterocycles. The van der Waals surface area contributed by atoms with Crippen LogP contribution in [0.4, 0.5) is 0 Å². The van der Waals surface area contributed by atoms with Gasteiger partial charge < -0.3 is 5.32 Å². The minimum atomic E-state index is 0.00921. The van der Waals surface area contributed by atoms with E-state index in [1.54, 1.807) is 7.05 Å². The zero-order valence-corrected chi connectivity index (χ0v) is 6.76. The number of aliphatic imine (C=N–C) groups is 1. The minimum absolute atomic E-state index is 0.00921. The zero-order valence-electron chi connectivity index (χ0n) is 6.76. The van der Waals surface area contributed by atoms with Crippen molar-refractivity contribution < 1.29 is 0 Å². The molecule has 0 bridgehead atoms. The van der Waals surface area contributed by atoms with Crippen LogP contribution >= 0.6 is 0 Å². The van der Waals surface area contributed by atoms with Crippen molar-refractivity contribution in [2.75, 3.05) is 7.05 Å². The molecular formula is C8H11N3. The predicted octanol–water partition coefficient (Wildman–Crippen LogP) is 1.05. The summed E-state index contributed by atoms with van der Waals surface area (Å²) in [6.45, 7) is 1.95. The molecule has 0 fully saturated rings.